The van der Waals surface area contributed by atoms with Crippen molar-refractivity contribution in [2.24, 2.45) is 5.92 Å². The fraction of sp³-hybridized carbons (Fsp3) is 0.500. The van der Waals surface area contributed by atoms with E-state index < -0.39 is 32.9 Å². The summed E-state index contributed by atoms with van der Waals surface area (Å²) in [6, 6.07) is 3.47. The first kappa shape index (κ1) is 20.8. The molecule has 0 aliphatic carbocycles. The molecule has 1 aromatic carbocycles. The number of aliphatic carboxylic acids is 1. The van der Waals surface area contributed by atoms with E-state index in [2.05, 4.69) is 4.72 Å². The van der Waals surface area contributed by atoms with Crippen LogP contribution in [0.15, 0.2) is 29.2 Å². The van der Waals surface area contributed by atoms with Crippen molar-refractivity contribution < 1.29 is 28.0 Å². The molecule has 1 saturated heterocycles. The largest absolute Gasteiger partial charge is 0.480 e. The highest BCUT2D eigenvalue weighted by Gasteiger charge is 2.34. The fourth-order valence-electron chi connectivity index (χ4n) is 2.94. The lowest BCUT2D eigenvalue weighted by Gasteiger charge is -2.36. The van der Waals surface area contributed by atoms with Crippen LogP contribution >= 0.6 is 0 Å². The number of hydrogen-bond donors (Lipinski definition) is 2. The first-order valence-corrected chi connectivity index (χ1v) is 9.86. The second-order valence-corrected chi connectivity index (χ2v) is 8.24. The van der Waals surface area contributed by atoms with Crippen molar-refractivity contribution in [3.05, 3.63) is 34.4 Å². The monoisotopic (exact) mass is 399 g/mol. The molecule has 0 saturated carbocycles. The summed E-state index contributed by atoms with van der Waals surface area (Å²) in [7, 11) is -3.93. The van der Waals surface area contributed by atoms with E-state index in [0.29, 0.717) is 19.4 Å². The van der Waals surface area contributed by atoms with Gasteiger partial charge in [0.1, 0.15) is 6.04 Å². The number of carbonyl (C=O) groups excluding carboxylic acids is 1. The third kappa shape index (κ3) is 5.23. The van der Waals surface area contributed by atoms with E-state index in [-0.39, 0.29) is 29.5 Å². The summed E-state index contributed by atoms with van der Waals surface area (Å²) in [5, 5.41) is 19.9. The highest BCUT2D eigenvalue weighted by Crippen LogP contribution is 2.23. The molecule has 1 fully saturated rings. The number of nitrogens with one attached hydrogen (secondary N) is 1. The molecular weight excluding hydrogens is 378 g/mol. The van der Waals surface area contributed by atoms with E-state index in [0.717, 1.165) is 24.3 Å². The molecule has 148 valence electrons. The molecule has 10 nitrogen and oxygen atoms in total. The molecule has 2 atom stereocenters. The number of sulfonamides is 1. The molecule has 11 heteroatoms. The maximum absolute atomic E-state index is 12.3. The Morgan fingerprint density at radius 3 is 2.52 bits per heavy atom. The van der Waals surface area contributed by atoms with E-state index in [1.165, 1.54) is 4.90 Å². The number of amides is 1. The molecule has 1 amide bonds. The van der Waals surface area contributed by atoms with Crippen molar-refractivity contribution in [1.29, 1.82) is 0 Å². The van der Waals surface area contributed by atoms with Crippen molar-refractivity contribution >= 4 is 27.6 Å². The van der Waals surface area contributed by atoms with Gasteiger partial charge in [0.2, 0.25) is 15.9 Å². The molecule has 2 rings (SSSR count). The number of hydrogen-bond acceptors (Lipinski definition) is 6. The zero-order valence-electron chi connectivity index (χ0n) is 14.7. The summed E-state index contributed by atoms with van der Waals surface area (Å²) >= 11 is 0. The molecule has 1 aromatic rings. The average Bonchev–Trinajstić information content (AvgIpc) is 2.61. The Balaban J connectivity index is 1.95. The topological polar surface area (TPSA) is 147 Å². The van der Waals surface area contributed by atoms with E-state index >= 15 is 0 Å². The number of nitro groups is 1. The lowest BCUT2D eigenvalue weighted by Crippen LogP contribution is -2.50. The van der Waals surface area contributed by atoms with Crippen LogP contribution in [0.2, 0.25) is 0 Å². The van der Waals surface area contributed by atoms with Gasteiger partial charge in [0, 0.05) is 31.6 Å². The molecule has 0 radical (unpaired) electrons. The van der Waals surface area contributed by atoms with Crippen LogP contribution in [0.5, 0.6) is 0 Å². The number of non-ortho nitro benzene ring substituents is 1. The summed E-state index contributed by atoms with van der Waals surface area (Å²) in [4.78, 5) is 34.8. The van der Waals surface area contributed by atoms with Crippen LogP contribution in [-0.4, -0.2) is 54.4 Å². The van der Waals surface area contributed by atoms with Crippen LogP contribution in [0.3, 0.4) is 0 Å². The molecule has 1 heterocycles. The Morgan fingerprint density at radius 1 is 1.33 bits per heavy atom. The minimum absolute atomic E-state index is 0.157. The van der Waals surface area contributed by atoms with Crippen LogP contribution in [0, 0.1) is 16.0 Å². The van der Waals surface area contributed by atoms with Crippen LogP contribution in [-0.2, 0) is 19.6 Å². The maximum atomic E-state index is 12.3. The first-order chi connectivity index (χ1) is 12.6. The molecular formula is C16H21N3O7S. The third-order valence-corrected chi connectivity index (χ3v) is 5.94. The van der Waals surface area contributed by atoms with Crippen molar-refractivity contribution in [3.63, 3.8) is 0 Å². The standard InChI is InChI=1S/C16H21N3O7S/c1-11-7-9-18(14(10-11)16(21)22)15(20)6-8-17-27(25,26)13-4-2-12(3-5-13)19(23)24/h2-5,11,14,17H,6-10H2,1H3,(H,21,22). The number of likely N-dealkylation sites (tertiary alicyclic amines) is 1. The Labute approximate surface area is 156 Å². The van der Waals surface area contributed by atoms with Gasteiger partial charge in [-0.05, 0) is 30.9 Å². The molecule has 0 bridgehead atoms. The zero-order valence-corrected chi connectivity index (χ0v) is 15.5. The van der Waals surface area contributed by atoms with E-state index in [4.69, 9.17) is 0 Å². The van der Waals surface area contributed by atoms with Gasteiger partial charge in [0.05, 0.1) is 9.82 Å². The summed E-state index contributed by atoms with van der Waals surface area (Å²) in [6.07, 6.45) is 0.893. The normalized spacial score (nSPS) is 20.3. The lowest BCUT2D eigenvalue weighted by atomic mass is 9.92. The predicted molar refractivity (Wildman–Crippen MR) is 94.4 cm³/mol. The van der Waals surface area contributed by atoms with Gasteiger partial charge in [-0.25, -0.2) is 17.9 Å². The summed E-state index contributed by atoms with van der Waals surface area (Å²) in [5.41, 5.74) is -0.233. The van der Waals surface area contributed by atoms with Crippen molar-refractivity contribution in [1.82, 2.24) is 9.62 Å². The van der Waals surface area contributed by atoms with E-state index in [1.54, 1.807) is 0 Å². The first-order valence-electron chi connectivity index (χ1n) is 8.38. The number of carbonyl (C=O) groups is 2. The highest BCUT2D eigenvalue weighted by molar-refractivity contribution is 7.89. The Hall–Kier alpha value is -2.53. The zero-order chi connectivity index (χ0) is 20.2. The van der Waals surface area contributed by atoms with Crippen LogP contribution in [0.4, 0.5) is 5.69 Å². The maximum Gasteiger partial charge on any atom is 0.326 e. The van der Waals surface area contributed by atoms with Crippen molar-refractivity contribution in [2.45, 2.75) is 37.1 Å². The minimum Gasteiger partial charge on any atom is -0.480 e. The number of nitrogens with zero attached hydrogens (tertiary/aromatic N) is 2. The highest BCUT2D eigenvalue weighted by atomic mass is 32.2. The van der Waals surface area contributed by atoms with Gasteiger partial charge < -0.3 is 10.0 Å². The van der Waals surface area contributed by atoms with Gasteiger partial charge in [-0.2, -0.15) is 0 Å². The Bertz CT molecular complexity index is 823. The molecule has 1 aliphatic rings. The Kier molecular flexibility index (Phi) is 6.50. The van der Waals surface area contributed by atoms with Gasteiger partial charge in [-0.15, -0.1) is 0 Å². The molecule has 2 N–H and O–H groups in total. The van der Waals surface area contributed by atoms with Crippen molar-refractivity contribution in [2.75, 3.05) is 13.1 Å². The summed E-state index contributed by atoms with van der Waals surface area (Å²) in [6.45, 7) is 2.05. The SMILES string of the molecule is CC1CCN(C(=O)CCNS(=O)(=O)c2ccc([N+](=O)[O-])cc2)C(C(=O)O)C1. The molecule has 0 aromatic heterocycles. The van der Waals surface area contributed by atoms with Crippen LogP contribution < -0.4 is 4.72 Å². The predicted octanol–water partition coefficient (Wildman–Crippen LogP) is 0.975. The lowest BCUT2D eigenvalue weighted by molar-refractivity contribution is -0.384. The van der Waals surface area contributed by atoms with E-state index in [1.807, 2.05) is 6.92 Å². The number of benzene rings is 1. The molecule has 1 aliphatic heterocycles. The van der Waals surface area contributed by atoms with Gasteiger partial charge in [-0.1, -0.05) is 6.92 Å². The number of carboxylic acid groups (broad SMARTS) is 1. The number of rotatable bonds is 7. The van der Waals surface area contributed by atoms with Gasteiger partial charge in [-0.3, -0.25) is 14.9 Å². The summed E-state index contributed by atoms with van der Waals surface area (Å²) in [5.74, 6) is -1.29. The third-order valence-electron chi connectivity index (χ3n) is 4.46. The smallest absolute Gasteiger partial charge is 0.326 e. The van der Waals surface area contributed by atoms with Crippen LogP contribution in [0.25, 0.3) is 0 Å². The molecule has 27 heavy (non-hydrogen) atoms. The number of nitro benzene ring substituents is 1. The fourth-order valence-corrected chi connectivity index (χ4v) is 3.97. The molecule has 2 unspecified atom stereocenters. The van der Waals surface area contributed by atoms with E-state index in [9.17, 15) is 33.2 Å². The number of piperidine rings is 1. The van der Waals surface area contributed by atoms with Gasteiger partial charge in [0.25, 0.3) is 5.69 Å². The number of carboxylic acids is 1. The average molecular weight is 399 g/mol. The van der Waals surface area contributed by atoms with Gasteiger partial charge >= 0.3 is 5.97 Å². The second-order valence-electron chi connectivity index (χ2n) is 6.47. The van der Waals surface area contributed by atoms with Gasteiger partial charge in [0.15, 0.2) is 0 Å². The summed E-state index contributed by atoms with van der Waals surface area (Å²) < 4.78 is 26.6. The van der Waals surface area contributed by atoms with Crippen molar-refractivity contribution in [3.8, 4) is 0 Å². The van der Waals surface area contributed by atoms with Crippen LogP contribution in [0.1, 0.15) is 26.2 Å². The molecule has 0 spiro atoms. The minimum atomic E-state index is -3.93. The quantitative estimate of drug-likeness (QED) is 0.513. The second kappa shape index (κ2) is 8.44. The Morgan fingerprint density at radius 2 is 1.96 bits per heavy atom.